The minimum absolute atomic E-state index is 0.00621. The number of rotatable bonds is 4. The van der Waals surface area contributed by atoms with Gasteiger partial charge in [0.15, 0.2) is 0 Å². The second-order valence-corrected chi connectivity index (χ2v) is 9.00. The molecule has 2 aliphatic heterocycles. The molecule has 2 N–H and O–H groups in total. The highest BCUT2D eigenvalue weighted by molar-refractivity contribution is 6.30. The maximum Gasteiger partial charge on any atom is 0.410 e. The van der Waals surface area contributed by atoms with E-state index in [-0.39, 0.29) is 18.6 Å². The smallest absolute Gasteiger partial charge is 0.410 e. The lowest BCUT2D eigenvalue weighted by molar-refractivity contribution is -0.136. The molecule has 2 amide bonds. The summed E-state index contributed by atoms with van der Waals surface area (Å²) in [4.78, 5) is 39.1. The van der Waals surface area contributed by atoms with Gasteiger partial charge in [0.2, 0.25) is 5.91 Å². The van der Waals surface area contributed by atoms with E-state index in [4.69, 9.17) is 22.1 Å². The van der Waals surface area contributed by atoms with Crippen LogP contribution in [0.1, 0.15) is 12.0 Å². The molecular weight excluding hydrogens is 456 g/mol. The van der Waals surface area contributed by atoms with Crippen molar-refractivity contribution in [1.29, 1.82) is 0 Å². The van der Waals surface area contributed by atoms with Crippen LogP contribution in [0.25, 0.3) is 10.9 Å². The van der Waals surface area contributed by atoms with Crippen molar-refractivity contribution in [3.8, 4) is 0 Å². The minimum atomic E-state index is -0.441. The predicted octanol–water partition coefficient (Wildman–Crippen LogP) is 2.93. The first-order valence-electron chi connectivity index (χ1n) is 11.2. The van der Waals surface area contributed by atoms with Gasteiger partial charge in [-0.1, -0.05) is 23.7 Å². The maximum absolute atomic E-state index is 12.7. The lowest BCUT2D eigenvalue weighted by atomic mass is 10.1. The molecule has 1 aromatic heterocycles. The molecule has 2 fully saturated rings. The second-order valence-electron chi connectivity index (χ2n) is 8.57. The number of nitrogen functional groups attached to an aromatic ring is 1. The highest BCUT2D eigenvalue weighted by Crippen LogP contribution is 2.25. The van der Waals surface area contributed by atoms with Crippen molar-refractivity contribution in [3.63, 3.8) is 0 Å². The Balaban J connectivity index is 1.14. The number of nitrogens with zero attached hydrogens (tertiary/aromatic N) is 5. The number of benzene rings is 2. The minimum Gasteiger partial charge on any atom is -0.444 e. The summed E-state index contributed by atoms with van der Waals surface area (Å²) in [5, 5.41) is 1.46. The molecule has 5 rings (SSSR count). The average Bonchev–Trinajstić information content (AvgIpc) is 3.29. The van der Waals surface area contributed by atoms with E-state index in [9.17, 15) is 9.59 Å². The molecule has 2 saturated heterocycles. The van der Waals surface area contributed by atoms with Gasteiger partial charge in [0.1, 0.15) is 24.8 Å². The van der Waals surface area contributed by atoms with E-state index in [1.54, 1.807) is 4.90 Å². The topological polar surface area (TPSA) is 105 Å². The first-order valence-corrected chi connectivity index (χ1v) is 11.6. The number of halogens is 1. The van der Waals surface area contributed by atoms with Gasteiger partial charge in [0.05, 0.1) is 12.1 Å². The number of hydrogen-bond donors (Lipinski definition) is 1. The molecule has 34 heavy (non-hydrogen) atoms. The van der Waals surface area contributed by atoms with Crippen LogP contribution in [-0.2, 0) is 16.1 Å². The molecule has 2 aliphatic rings. The number of amides is 2. The Bertz CT molecular complexity index is 1240. The van der Waals surface area contributed by atoms with Crippen LogP contribution in [0.4, 0.5) is 16.3 Å². The normalized spacial score (nSPS) is 18.6. The molecule has 3 heterocycles. The van der Waals surface area contributed by atoms with Crippen LogP contribution in [0.3, 0.4) is 0 Å². The molecular formula is C24H25ClN6O3. The lowest BCUT2D eigenvalue weighted by Crippen LogP contribution is -2.52. The number of nitrogens with two attached hydrogens (primary N) is 1. The van der Waals surface area contributed by atoms with E-state index >= 15 is 0 Å². The van der Waals surface area contributed by atoms with Crippen LogP contribution in [0.5, 0.6) is 0 Å². The van der Waals surface area contributed by atoms with Gasteiger partial charge in [-0.05, 0) is 35.9 Å². The van der Waals surface area contributed by atoms with Crippen molar-refractivity contribution in [2.24, 2.45) is 0 Å². The average molecular weight is 481 g/mol. The number of aromatic nitrogens is 2. The third-order valence-electron chi connectivity index (χ3n) is 6.27. The van der Waals surface area contributed by atoms with Gasteiger partial charge in [0.25, 0.3) is 0 Å². The quantitative estimate of drug-likeness (QED) is 0.612. The van der Waals surface area contributed by atoms with Crippen LogP contribution in [-0.4, -0.2) is 70.6 Å². The molecule has 1 unspecified atom stereocenters. The highest BCUT2D eigenvalue weighted by atomic mass is 35.5. The number of hydrogen-bond acceptors (Lipinski definition) is 7. The van der Waals surface area contributed by atoms with Crippen molar-refractivity contribution >= 4 is 46.0 Å². The van der Waals surface area contributed by atoms with E-state index in [0.29, 0.717) is 37.0 Å². The largest absolute Gasteiger partial charge is 0.444 e. The van der Waals surface area contributed by atoms with Gasteiger partial charge in [-0.2, -0.15) is 0 Å². The molecule has 10 heteroatoms. The van der Waals surface area contributed by atoms with Gasteiger partial charge in [-0.25, -0.2) is 14.8 Å². The zero-order chi connectivity index (χ0) is 23.7. The lowest BCUT2D eigenvalue weighted by Gasteiger charge is -2.34. The third kappa shape index (κ3) is 4.70. The van der Waals surface area contributed by atoms with Crippen LogP contribution in [0, 0.1) is 0 Å². The van der Waals surface area contributed by atoms with E-state index in [0.717, 1.165) is 35.1 Å². The Labute approximate surface area is 202 Å². The van der Waals surface area contributed by atoms with Crippen LogP contribution >= 0.6 is 11.6 Å². The van der Waals surface area contributed by atoms with E-state index in [1.165, 1.54) is 11.2 Å². The molecule has 0 saturated carbocycles. The van der Waals surface area contributed by atoms with Crippen LogP contribution in [0.15, 0.2) is 48.8 Å². The predicted molar refractivity (Wildman–Crippen MR) is 129 cm³/mol. The zero-order valence-corrected chi connectivity index (χ0v) is 19.3. The summed E-state index contributed by atoms with van der Waals surface area (Å²) in [6, 6.07) is 13.3. The Hall–Kier alpha value is -3.59. The third-order valence-corrected chi connectivity index (χ3v) is 6.50. The molecule has 1 atom stereocenters. The number of carbonyl (C=O) groups is 2. The monoisotopic (exact) mass is 480 g/mol. The standard InChI is InChI=1S/C24H25ClN6O3/c25-17-2-1-3-18(11-17)29-7-6-19(13-29)34-24(33)31-9-8-30(22(32)14-31)12-16-4-5-20-21(10-16)27-15-28-23(20)26/h1-5,10-11,15,19H,6-9,12-14H2,(H2,26,27,28). The molecule has 0 aliphatic carbocycles. The van der Waals surface area contributed by atoms with Crippen molar-refractivity contribution in [2.45, 2.75) is 19.1 Å². The number of carbonyl (C=O) groups excluding carboxylic acids is 2. The second kappa shape index (κ2) is 9.34. The fourth-order valence-electron chi connectivity index (χ4n) is 4.42. The van der Waals surface area contributed by atoms with E-state index in [2.05, 4.69) is 14.9 Å². The fraction of sp³-hybridized carbons (Fsp3) is 0.333. The Morgan fingerprint density at radius 2 is 2.03 bits per heavy atom. The summed E-state index contributed by atoms with van der Waals surface area (Å²) in [6.45, 7) is 2.71. The Kier molecular flexibility index (Phi) is 6.10. The number of fused-ring (bicyclic) bond motifs is 1. The summed E-state index contributed by atoms with van der Waals surface area (Å²) < 4.78 is 5.71. The summed E-state index contributed by atoms with van der Waals surface area (Å²) in [6.07, 6.45) is 1.51. The summed E-state index contributed by atoms with van der Waals surface area (Å²) in [5.74, 6) is 0.315. The number of ether oxygens (including phenoxy) is 1. The summed E-state index contributed by atoms with van der Waals surface area (Å²) in [7, 11) is 0. The first-order chi connectivity index (χ1) is 16.5. The molecule has 0 bridgehead atoms. The molecule has 0 spiro atoms. The number of piperazine rings is 1. The fourth-order valence-corrected chi connectivity index (χ4v) is 4.61. The summed E-state index contributed by atoms with van der Waals surface area (Å²) >= 11 is 6.09. The molecule has 9 nitrogen and oxygen atoms in total. The van der Waals surface area contributed by atoms with Crippen molar-refractivity contribution in [1.82, 2.24) is 19.8 Å². The molecule has 2 aromatic carbocycles. The number of anilines is 2. The van der Waals surface area contributed by atoms with Gasteiger partial charge in [-0.15, -0.1) is 0 Å². The SMILES string of the molecule is Nc1ncnc2cc(CN3CCN(C(=O)OC4CCN(c5cccc(Cl)c5)C4)CC3=O)ccc12. The van der Waals surface area contributed by atoms with Gasteiger partial charge >= 0.3 is 6.09 Å². The van der Waals surface area contributed by atoms with Crippen molar-refractivity contribution < 1.29 is 14.3 Å². The van der Waals surface area contributed by atoms with Crippen LogP contribution in [0.2, 0.25) is 5.02 Å². The molecule has 0 radical (unpaired) electrons. The van der Waals surface area contributed by atoms with Gasteiger partial charge in [-0.3, -0.25) is 9.69 Å². The van der Waals surface area contributed by atoms with Gasteiger partial charge in [0, 0.05) is 48.7 Å². The Morgan fingerprint density at radius 3 is 2.85 bits per heavy atom. The highest BCUT2D eigenvalue weighted by Gasteiger charge is 2.32. The van der Waals surface area contributed by atoms with Crippen molar-refractivity contribution in [3.05, 3.63) is 59.4 Å². The molecule has 3 aromatic rings. The van der Waals surface area contributed by atoms with Gasteiger partial charge < -0.3 is 20.3 Å². The van der Waals surface area contributed by atoms with E-state index < -0.39 is 6.09 Å². The first kappa shape index (κ1) is 22.2. The van der Waals surface area contributed by atoms with Crippen molar-refractivity contribution in [2.75, 3.05) is 43.4 Å². The molecule has 176 valence electrons. The Morgan fingerprint density at radius 1 is 1.15 bits per heavy atom. The zero-order valence-electron chi connectivity index (χ0n) is 18.6. The summed E-state index contributed by atoms with van der Waals surface area (Å²) in [5.41, 5.74) is 8.58. The van der Waals surface area contributed by atoms with E-state index in [1.807, 2.05) is 42.5 Å². The van der Waals surface area contributed by atoms with Crippen LogP contribution < -0.4 is 10.6 Å². The maximum atomic E-state index is 12.7.